The van der Waals surface area contributed by atoms with Gasteiger partial charge in [-0.15, -0.1) is 0 Å². The molecule has 0 aromatic heterocycles. The van der Waals surface area contributed by atoms with Crippen molar-refractivity contribution in [3.63, 3.8) is 0 Å². The fourth-order valence-corrected chi connectivity index (χ4v) is 1.75. The molecule has 1 aromatic rings. The van der Waals surface area contributed by atoms with Crippen LogP contribution in [-0.4, -0.2) is 36.7 Å². The van der Waals surface area contributed by atoms with E-state index in [0.717, 1.165) is 0 Å². The third-order valence-electron chi connectivity index (χ3n) is 2.26. The molecule has 1 aromatic carbocycles. The Morgan fingerprint density at radius 3 is 2.67 bits per heavy atom. The zero-order valence-electron chi connectivity index (χ0n) is 9.64. The number of carboxylic acid groups (broad SMARTS) is 1. The molecular weight excluding hydrogens is 304 g/mol. The maximum atomic E-state index is 11.7. The minimum absolute atomic E-state index is 0.0627. The summed E-state index contributed by atoms with van der Waals surface area (Å²) in [6.45, 7) is 0.0627. The molecule has 0 aliphatic heterocycles. The fraction of sp³-hybridized carbons (Fsp3) is 0.273. The first kappa shape index (κ1) is 14.6. The highest BCUT2D eigenvalue weighted by Gasteiger charge is 2.17. The summed E-state index contributed by atoms with van der Waals surface area (Å²) in [4.78, 5) is 22.4. The van der Waals surface area contributed by atoms with E-state index < -0.39 is 12.1 Å². The van der Waals surface area contributed by atoms with Gasteiger partial charge in [-0.3, -0.25) is 4.79 Å². The van der Waals surface area contributed by atoms with Crippen molar-refractivity contribution in [2.24, 2.45) is 5.73 Å². The van der Waals surface area contributed by atoms with Crippen LogP contribution in [0.1, 0.15) is 10.4 Å². The second-order valence-corrected chi connectivity index (χ2v) is 4.30. The number of carboxylic acids is 1. The van der Waals surface area contributed by atoms with Gasteiger partial charge >= 0.3 is 5.97 Å². The molecular formula is C11H13BrN2O4. The normalized spacial score (nSPS) is 11.9. The summed E-state index contributed by atoms with van der Waals surface area (Å²) < 4.78 is 5.36. The molecule has 0 bridgehead atoms. The number of aromatic carboxylic acids is 1. The van der Waals surface area contributed by atoms with Crippen LogP contribution >= 0.6 is 15.9 Å². The Morgan fingerprint density at radius 1 is 1.56 bits per heavy atom. The van der Waals surface area contributed by atoms with E-state index in [4.69, 9.17) is 15.6 Å². The van der Waals surface area contributed by atoms with Crippen molar-refractivity contribution < 1.29 is 19.4 Å². The average Bonchev–Trinajstić information content (AvgIpc) is 2.33. The molecule has 1 atom stereocenters. The first-order valence-electron chi connectivity index (χ1n) is 5.06. The molecule has 98 valence electrons. The van der Waals surface area contributed by atoms with Crippen LogP contribution in [0.5, 0.6) is 0 Å². The van der Waals surface area contributed by atoms with Crippen LogP contribution in [0.4, 0.5) is 5.69 Å². The zero-order chi connectivity index (χ0) is 13.7. The number of carbonyl (C=O) groups is 2. The van der Waals surface area contributed by atoms with Gasteiger partial charge in [0.15, 0.2) is 0 Å². The number of methoxy groups -OCH3 is 1. The number of nitrogens with one attached hydrogen (secondary N) is 1. The van der Waals surface area contributed by atoms with E-state index in [1.165, 1.54) is 25.3 Å². The molecule has 1 amide bonds. The van der Waals surface area contributed by atoms with Crippen LogP contribution < -0.4 is 11.1 Å². The molecule has 18 heavy (non-hydrogen) atoms. The lowest BCUT2D eigenvalue weighted by atomic mass is 10.2. The smallest absolute Gasteiger partial charge is 0.335 e. The van der Waals surface area contributed by atoms with Gasteiger partial charge in [-0.2, -0.15) is 0 Å². The number of hydrogen-bond donors (Lipinski definition) is 3. The van der Waals surface area contributed by atoms with Crippen molar-refractivity contribution in [1.82, 2.24) is 0 Å². The van der Waals surface area contributed by atoms with E-state index in [1.54, 1.807) is 0 Å². The minimum atomic E-state index is -1.04. The Balaban J connectivity index is 2.86. The van der Waals surface area contributed by atoms with E-state index in [0.29, 0.717) is 10.2 Å². The first-order valence-corrected chi connectivity index (χ1v) is 5.85. The van der Waals surface area contributed by atoms with Gasteiger partial charge < -0.3 is 20.9 Å². The molecule has 0 heterocycles. The number of rotatable bonds is 5. The number of nitrogens with two attached hydrogens (primary N) is 1. The molecule has 0 saturated carbocycles. The maximum Gasteiger partial charge on any atom is 0.335 e. The van der Waals surface area contributed by atoms with Gasteiger partial charge in [-0.1, -0.05) is 0 Å². The predicted octanol–water partition coefficient (Wildman–Crippen LogP) is 1.06. The van der Waals surface area contributed by atoms with Gasteiger partial charge in [-0.25, -0.2) is 4.79 Å². The standard InChI is InChI=1S/C11H13BrN2O4/c1-18-9(5-13)10(15)14-8-3-2-6(11(16)17)4-7(8)12/h2-4,9H,5,13H2,1H3,(H,14,15)(H,16,17). The van der Waals surface area contributed by atoms with Crippen molar-refractivity contribution in [3.8, 4) is 0 Å². The Hall–Kier alpha value is -1.44. The predicted molar refractivity (Wildman–Crippen MR) is 69.6 cm³/mol. The molecule has 1 unspecified atom stereocenters. The number of hydrogen-bond acceptors (Lipinski definition) is 4. The van der Waals surface area contributed by atoms with Crippen molar-refractivity contribution in [1.29, 1.82) is 0 Å². The molecule has 0 fully saturated rings. The second kappa shape index (κ2) is 6.48. The van der Waals surface area contributed by atoms with Gasteiger partial charge in [0, 0.05) is 18.1 Å². The lowest BCUT2D eigenvalue weighted by Crippen LogP contribution is -2.36. The molecule has 0 aliphatic carbocycles. The van der Waals surface area contributed by atoms with Gasteiger partial charge in [0.25, 0.3) is 5.91 Å². The summed E-state index contributed by atoms with van der Waals surface area (Å²) >= 11 is 3.19. The Kier molecular flexibility index (Phi) is 5.26. The van der Waals surface area contributed by atoms with Crippen molar-refractivity contribution in [2.45, 2.75) is 6.10 Å². The summed E-state index contributed by atoms with van der Waals surface area (Å²) in [5.41, 5.74) is 5.95. The molecule has 6 nitrogen and oxygen atoms in total. The Labute approximate surface area is 112 Å². The van der Waals surface area contributed by atoms with Crippen molar-refractivity contribution in [2.75, 3.05) is 19.0 Å². The summed E-state index contributed by atoms with van der Waals surface area (Å²) in [6, 6.07) is 4.30. The highest BCUT2D eigenvalue weighted by atomic mass is 79.9. The monoisotopic (exact) mass is 316 g/mol. The lowest BCUT2D eigenvalue weighted by molar-refractivity contribution is -0.125. The molecule has 4 N–H and O–H groups in total. The SMILES string of the molecule is COC(CN)C(=O)Nc1ccc(C(=O)O)cc1Br. The van der Waals surface area contributed by atoms with Gasteiger partial charge in [0.2, 0.25) is 0 Å². The second-order valence-electron chi connectivity index (χ2n) is 3.45. The van der Waals surface area contributed by atoms with Crippen LogP contribution in [0.25, 0.3) is 0 Å². The highest BCUT2D eigenvalue weighted by molar-refractivity contribution is 9.10. The van der Waals surface area contributed by atoms with Crippen molar-refractivity contribution >= 4 is 33.5 Å². The molecule has 7 heteroatoms. The van der Waals surface area contributed by atoms with Crippen LogP contribution in [0.15, 0.2) is 22.7 Å². The fourth-order valence-electron chi connectivity index (χ4n) is 1.27. The Morgan fingerprint density at radius 2 is 2.22 bits per heavy atom. The van der Waals surface area contributed by atoms with Crippen LogP contribution in [0, 0.1) is 0 Å². The maximum absolute atomic E-state index is 11.7. The minimum Gasteiger partial charge on any atom is -0.478 e. The molecule has 0 saturated heterocycles. The number of anilines is 1. The van der Waals surface area contributed by atoms with Crippen molar-refractivity contribution in [3.05, 3.63) is 28.2 Å². The van der Waals surface area contributed by atoms with Crippen LogP contribution in [0.3, 0.4) is 0 Å². The first-order chi connectivity index (χ1) is 8.49. The summed E-state index contributed by atoms with van der Waals surface area (Å²) in [6.07, 6.45) is -0.740. The van der Waals surface area contributed by atoms with Crippen LogP contribution in [0.2, 0.25) is 0 Å². The van der Waals surface area contributed by atoms with E-state index >= 15 is 0 Å². The van der Waals surface area contributed by atoms with Gasteiger partial charge in [-0.05, 0) is 34.1 Å². The van der Waals surface area contributed by atoms with Gasteiger partial charge in [0.05, 0.1) is 11.3 Å². The molecule has 0 aliphatic rings. The quantitative estimate of drug-likeness (QED) is 0.754. The van der Waals surface area contributed by atoms with E-state index in [2.05, 4.69) is 21.2 Å². The zero-order valence-corrected chi connectivity index (χ0v) is 11.2. The summed E-state index contributed by atoms with van der Waals surface area (Å²) in [5, 5.41) is 11.4. The van der Waals surface area contributed by atoms with E-state index in [-0.39, 0.29) is 18.0 Å². The molecule has 0 spiro atoms. The number of amides is 1. The number of carbonyl (C=O) groups excluding carboxylic acids is 1. The van der Waals surface area contributed by atoms with E-state index in [1.807, 2.05) is 0 Å². The molecule has 0 radical (unpaired) electrons. The number of halogens is 1. The van der Waals surface area contributed by atoms with Crippen LogP contribution in [-0.2, 0) is 9.53 Å². The largest absolute Gasteiger partial charge is 0.478 e. The topological polar surface area (TPSA) is 102 Å². The third-order valence-corrected chi connectivity index (χ3v) is 2.92. The third kappa shape index (κ3) is 3.52. The lowest BCUT2D eigenvalue weighted by Gasteiger charge is -2.14. The number of ether oxygens (including phenoxy) is 1. The summed E-state index contributed by atoms with van der Waals surface area (Å²) in [7, 11) is 1.39. The van der Waals surface area contributed by atoms with Gasteiger partial charge in [0.1, 0.15) is 6.10 Å². The molecule has 1 rings (SSSR count). The highest BCUT2D eigenvalue weighted by Crippen LogP contribution is 2.23. The summed E-state index contributed by atoms with van der Waals surface area (Å²) in [5.74, 6) is -1.42. The van der Waals surface area contributed by atoms with E-state index in [9.17, 15) is 9.59 Å². The Bertz CT molecular complexity index is 460. The average molecular weight is 317 g/mol. The number of benzene rings is 1.